The van der Waals surface area contributed by atoms with Crippen LogP contribution in [0.5, 0.6) is 0 Å². The molecule has 0 saturated heterocycles. The Bertz CT molecular complexity index is 863. The predicted molar refractivity (Wildman–Crippen MR) is 104 cm³/mol. The van der Waals surface area contributed by atoms with Gasteiger partial charge in [-0.2, -0.15) is 0 Å². The van der Waals surface area contributed by atoms with Gasteiger partial charge in [0.2, 0.25) is 0 Å². The summed E-state index contributed by atoms with van der Waals surface area (Å²) in [6, 6.07) is 27.3. The molecule has 26 heavy (non-hydrogen) atoms. The highest BCUT2D eigenvalue weighted by Crippen LogP contribution is 2.32. The summed E-state index contributed by atoms with van der Waals surface area (Å²) in [6.07, 6.45) is 0. The van der Waals surface area contributed by atoms with Crippen LogP contribution in [0.1, 0.15) is 40.7 Å². The molecule has 0 atom stereocenters. The molecular formula is C23H21NO2. The second-order valence-electron chi connectivity index (χ2n) is 6.21. The molecule has 0 spiro atoms. The van der Waals surface area contributed by atoms with Crippen LogP contribution in [-0.2, 0) is 9.63 Å². The zero-order valence-corrected chi connectivity index (χ0v) is 14.9. The van der Waals surface area contributed by atoms with E-state index in [9.17, 15) is 4.79 Å². The number of carbonyl (C=O) groups excluding carboxylic acids is 1. The summed E-state index contributed by atoms with van der Waals surface area (Å²) in [5.74, 6) is 0.122. The molecule has 3 aromatic carbocycles. The molecule has 0 radical (unpaired) electrons. The van der Waals surface area contributed by atoms with Gasteiger partial charge in [-0.05, 0) is 42.2 Å². The fourth-order valence-electron chi connectivity index (χ4n) is 3.23. The summed E-state index contributed by atoms with van der Waals surface area (Å²) in [5, 5.41) is 3.87. The minimum Gasteiger partial charge on any atom is -0.321 e. The molecule has 0 N–H and O–H groups in total. The van der Waals surface area contributed by atoms with Crippen LogP contribution < -0.4 is 0 Å². The summed E-state index contributed by atoms with van der Waals surface area (Å²) < 4.78 is 0. The van der Waals surface area contributed by atoms with Crippen LogP contribution in [0.2, 0.25) is 0 Å². The van der Waals surface area contributed by atoms with Crippen molar-refractivity contribution >= 4 is 12.2 Å². The summed E-state index contributed by atoms with van der Waals surface area (Å²) in [7, 11) is 0. The number of hydrogen-bond donors (Lipinski definition) is 0. The van der Waals surface area contributed by atoms with Crippen LogP contribution in [0, 0.1) is 6.92 Å². The zero-order chi connectivity index (χ0) is 18.4. The maximum absolute atomic E-state index is 10.4. The molecule has 130 valence electrons. The summed E-state index contributed by atoms with van der Waals surface area (Å²) >= 11 is 0. The van der Waals surface area contributed by atoms with Crippen LogP contribution in [0.4, 0.5) is 0 Å². The maximum atomic E-state index is 10.4. The van der Waals surface area contributed by atoms with Crippen LogP contribution in [0.25, 0.3) is 0 Å². The SMILES string of the molecule is C/C(=N/OC=O)c1cc(C(c2ccccc2)c2ccccc2)ccc1C. The number of rotatable bonds is 6. The number of benzene rings is 3. The van der Waals surface area contributed by atoms with Gasteiger partial charge in [0.15, 0.2) is 0 Å². The number of oxime groups is 1. The molecule has 3 rings (SSSR count). The summed E-state index contributed by atoms with van der Waals surface area (Å²) in [4.78, 5) is 15.0. The molecule has 0 aromatic heterocycles. The molecule has 0 heterocycles. The van der Waals surface area contributed by atoms with E-state index in [1.807, 2.05) is 26.0 Å². The van der Waals surface area contributed by atoms with E-state index in [4.69, 9.17) is 0 Å². The highest BCUT2D eigenvalue weighted by atomic mass is 16.7. The van der Waals surface area contributed by atoms with Gasteiger partial charge < -0.3 is 4.84 Å². The van der Waals surface area contributed by atoms with Crippen molar-refractivity contribution in [1.82, 2.24) is 0 Å². The first kappa shape index (κ1) is 17.6. The third-order valence-electron chi connectivity index (χ3n) is 4.48. The second kappa shape index (κ2) is 8.26. The number of carbonyl (C=O) groups is 1. The first-order valence-electron chi connectivity index (χ1n) is 8.55. The first-order chi connectivity index (χ1) is 12.7. The average Bonchev–Trinajstić information content (AvgIpc) is 2.69. The molecule has 0 unspecified atom stereocenters. The fraction of sp³-hybridized carbons (Fsp3) is 0.130. The monoisotopic (exact) mass is 343 g/mol. The van der Waals surface area contributed by atoms with Crippen molar-refractivity contribution in [2.75, 3.05) is 0 Å². The lowest BCUT2D eigenvalue weighted by Gasteiger charge is -2.20. The predicted octanol–water partition coefficient (Wildman–Crippen LogP) is 5.07. The molecule has 0 bridgehead atoms. The maximum Gasteiger partial charge on any atom is 0.323 e. The Morgan fingerprint density at radius 2 is 1.46 bits per heavy atom. The lowest BCUT2D eigenvalue weighted by Crippen LogP contribution is -2.06. The van der Waals surface area contributed by atoms with Gasteiger partial charge >= 0.3 is 6.47 Å². The molecular weight excluding hydrogens is 322 g/mol. The van der Waals surface area contributed by atoms with Gasteiger partial charge in [-0.25, -0.2) is 0 Å². The van der Waals surface area contributed by atoms with Gasteiger partial charge in [-0.3, -0.25) is 4.79 Å². The van der Waals surface area contributed by atoms with E-state index in [2.05, 4.69) is 76.7 Å². The van der Waals surface area contributed by atoms with Crippen molar-refractivity contribution in [2.24, 2.45) is 5.16 Å². The molecule has 0 aliphatic heterocycles. The van der Waals surface area contributed by atoms with Gasteiger partial charge in [0.05, 0.1) is 5.71 Å². The Hall–Kier alpha value is -3.20. The van der Waals surface area contributed by atoms with E-state index >= 15 is 0 Å². The Kier molecular flexibility index (Phi) is 5.59. The number of hydrogen-bond acceptors (Lipinski definition) is 3. The smallest absolute Gasteiger partial charge is 0.321 e. The van der Waals surface area contributed by atoms with Crippen molar-refractivity contribution in [2.45, 2.75) is 19.8 Å². The molecule has 0 aliphatic carbocycles. The van der Waals surface area contributed by atoms with Crippen LogP contribution in [-0.4, -0.2) is 12.2 Å². The van der Waals surface area contributed by atoms with Crippen LogP contribution >= 0.6 is 0 Å². The van der Waals surface area contributed by atoms with Gasteiger partial charge in [0.25, 0.3) is 0 Å². The third-order valence-corrected chi connectivity index (χ3v) is 4.48. The molecule has 0 aliphatic rings. The van der Waals surface area contributed by atoms with Crippen molar-refractivity contribution < 1.29 is 9.63 Å². The lowest BCUT2D eigenvalue weighted by atomic mass is 9.83. The van der Waals surface area contributed by atoms with Crippen LogP contribution in [0.3, 0.4) is 0 Å². The molecule has 0 amide bonds. The van der Waals surface area contributed by atoms with Gasteiger partial charge in [-0.1, -0.05) is 78.0 Å². The third kappa shape index (κ3) is 3.89. The zero-order valence-electron chi connectivity index (χ0n) is 14.9. The molecule has 3 heteroatoms. The first-order valence-corrected chi connectivity index (χ1v) is 8.55. The van der Waals surface area contributed by atoms with E-state index < -0.39 is 0 Å². The quantitative estimate of drug-likeness (QED) is 0.206. The Labute approximate surface area is 153 Å². The van der Waals surface area contributed by atoms with Gasteiger partial charge in [-0.15, -0.1) is 0 Å². The highest BCUT2D eigenvalue weighted by molar-refractivity contribution is 6.00. The van der Waals surface area contributed by atoms with Crippen molar-refractivity contribution in [3.05, 3.63) is 107 Å². The van der Waals surface area contributed by atoms with Crippen molar-refractivity contribution in [3.63, 3.8) is 0 Å². The molecule has 3 nitrogen and oxygen atoms in total. The molecule has 0 fully saturated rings. The summed E-state index contributed by atoms with van der Waals surface area (Å²) in [6.45, 7) is 4.20. The molecule has 3 aromatic rings. The van der Waals surface area contributed by atoms with Gasteiger partial charge in [0.1, 0.15) is 0 Å². The second-order valence-corrected chi connectivity index (χ2v) is 6.21. The largest absolute Gasteiger partial charge is 0.323 e. The number of aryl methyl sites for hydroxylation is 1. The fourth-order valence-corrected chi connectivity index (χ4v) is 3.23. The van der Waals surface area contributed by atoms with Gasteiger partial charge in [0, 0.05) is 11.5 Å². The minimum atomic E-state index is 0.122. The van der Waals surface area contributed by atoms with Crippen molar-refractivity contribution in [3.8, 4) is 0 Å². The highest BCUT2D eigenvalue weighted by Gasteiger charge is 2.18. The lowest BCUT2D eigenvalue weighted by molar-refractivity contribution is -0.128. The van der Waals surface area contributed by atoms with E-state index in [1.54, 1.807) is 0 Å². The van der Waals surface area contributed by atoms with Crippen molar-refractivity contribution in [1.29, 1.82) is 0 Å². The Morgan fingerprint density at radius 3 is 2.00 bits per heavy atom. The van der Waals surface area contributed by atoms with E-state index in [0.717, 1.165) is 11.1 Å². The van der Waals surface area contributed by atoms with E-state index in [1.165, 1.54) is 16.7 Å². The number of nitrogens with zero attached hydrogens (tertiary/aromatic N) is 1. The van der Waals surface area contributed by atoms with E-state index in [0.29, 0.717) is 12.2 Å². The minimum absolute atomic E-state index is 0.122. The standard InChI is InChI=1S/C23H21NO2/c1-17-13-14-21(15-22(17)18(2)24-26-16-25)23(19-9-5-3-6-10-19)20-11-7-4-8-12-20/h3-16,23H,1-2H3/b24-18-. The normalized spacial score (nSPS) is 11.4. The average molecular weight is 343 g/mol. The topological polar surface area (TPSA) is 38.7 Å². The Balaban J connectivity index is 2.12. The van der Waals surface area contributed by atoms with Crippen LogP contribution in [0.15, 0.2) is 84.0 Å². The molecule has 0 saturated carbocycles. The van der Waals surface area contributed by atoms with E-state index in [-0.39, 0.29) is 5.92 Å². The Morgan fingerprint density at radius 1 is 0.885 bits per heavy atom. The summed E-state index contributed by atoms with van der Waals surface area (Å²) in [5.41, 5.74) is 6.37.